The third kappa shape index (κ3) is 5.53. The summed E-state index contributed by atoms with van der Waals surface area (Å²) in [4.78, 5) is 2.52. The largest absolute Gasteiger partial charge is 0.573 e. The van der Waals surface area contributed by atoms with Crippen molar-refractivity contribution in [3.63, 3.8) is 0 Å². The van der Waals surface area contributed by atoms with Crippen molar-refractivity contribution in [3.05, 3.63) is 34.7 Å². The van der Waals surface area contributed by atoms with Gasteiger partial charge in [-0.3, -0.25) is 0 Å². The van der Waals surface area contributed by atoms with Crippen LogP contribution in [0.1, 0.15) is 0 Å². The smallest absolute Gasteiger partial charge is 0.493 e. The number of hydrogen-bond acceptors (Lipinski definition) is 3. The average Bonchev–Trinajstić information content (AvgIpc) is 2.25. The molecule has 0 saturated carbocycles. The lowest BCUT2D eigenvalue weighted by molar-refractivity contribution is -0.274. The summed E-state index contributed by atoms with van der Waals surface area (Å²) in [5.74, 6) is 0.0487. The highest BCUT2D eigenvalue weighted by molar-refractivity contribution is 5.31. The van der Waals surface area contributed by atoms with Gasteiger partial charge >= 0.3 is 6.36 Å². The predicted molar refractivity (Wildman–Crippen MR) is 52.6 cm³/mol. The molecule has 5 nitrogen and oxygen atoms in total. The molecule has 0 aliphatic carbocycles. The summed E-state index contributed by atoms with van der Waals surface area (Å²) in [5, 5.41) is 3.23. The molecule has 0 fully saturated rings. The third-order valence-electron chi connectivity index (χ3n) is 1.58. The summed E-state index contributed by atoms with van der Waals surface area (Å²) in [6.45, 7) is 0.306. The lowest BCUT2D eigenvalue weighted by Crippen LogP contribution is -2.16. The molecule has 8 heteroatoms. The van der Waals surface area contributed by atoms with Gasteiger partial charge in [-0.15, -0.1) is 13.2 Å². The van der Waals surface area contributed by atoms with Crippen molar-refractivity contribution in [2.45, 2.75) is 6.36 Å². The second kappa shape index (κ2) is 5.86. The van der Waals surface area contributed by atoms with Crippen LogP contribution in [0.25, 0.3) is 10.4 Å². The van der Waals surface area contributed by atoms with Crippen molar-refractivity contribution in [3.8, 4) is 11.5 Å². The predicted octanol–water partition coefficient (Wildman–Crippen LogP) is 3.27. The number of benzene rings is 1. The minimum absolute atomic E-state index is 0.150. The van der Waals surface area contributed by atoms with E-state index in [1.54, 1.807) is 0 Å². The van der Waals surface area contributed by atoms with Crippen molar-refractivity contribution in [1.29, 1.82) is 0 Å². The zero-order valence-corrected chi connectivity index (χ0v) is 8.52. The number of halogens is 3. The van der Waals surface area contributed by atoms with E-state index in [1.807, 2.05) is 0 Å². The van der Waals surface area contributed by atoms with Gasteiger partial charge in [0.05, 0.1) is 13.2 Å². The Morgan fingerprint density at radius 2 is 1.76 bits per heavy atom. The highest BCUT2D eigenvalue weighted by Crippen LogP contribution is 2.24. The maximum Gasteiger partial charge on any atom is 0.573 e. The van der Waals surface area contributed by atoms with Crippen LogP contribution in [0.4, 0.5) is 13.2 Å². The molecule has 0 bridgehead atoms. The van der Waals surface area contributed by atoms with Gasteiger partial charge in [0.25, 0.3) is 0 Å². The molecule has 17 heavy (non-hydrogen) atoms. The van der Waals surface area contributed by atoms with Gasteiger partial charge in [0.1, 0.15) is 11.5 Å². The Balaban J connectivity index is 2.47. The van der Waals surface area contributed by atoms with Gasteiger partial charge in [0.15, 0.2) is 0 Å². The van der Waals surface area contributed by atoms with E-state index in [1.165, 1.54) is 12.1 Å². The second-order valence-electron chi connectivity index (χ2n) is 2.82. The van der Waals surface area contributed by atoms with E-state index in [0.717, 1.165) is 12.1 Å². The monoisotopic (exact) mass is 247 g/mol. The first-order chi connectivity index (χ1) is 8.01. The maximum atomic E-state index is 11.8. The molecule has 92 valence electrons. The molecule has 0 aliphatic rings. The Morgan fingerprint density at radius 3 is 2.29 bits per heavy atom. The molecule has 0 unspecified atom stereocenters. The molecule has 0 atom stereocenters. The molecule has 0 N–H and O–H groups in total. The zero-order valence-electron chi connectivity index (χ0n) is 8.52. The molecular formula is C9H8F3N3O2. The molecule has 0 aliphatic heterocycles. The van der Waals surface area contributed by atoms with Crippen LogP contribution in [-0.4, -0.2) is 19.5 Å². The summed E-state index contributed by atoms with van der Waals surface area (Å²) < 4.78 is 44.3. The van der Waals surface area contributed by atoms with Gasteiger partial charge in [0, 0.05) is 4.91 Å². The van der Waals surface area contributed by atoms with Gasteiger partial charge in [-0.25, -0.2) is 0 Å². The third-order valence-corrected chi connectivity index (χ3v) is 1.58. The highest BCUT2D eigenvalue weighted by atomic mass is 19.4. The molecular weight excluding hydrogens is 239 g/mol. The van der Waals surface area contributed by atoms with E-state index in [0.29, 0.717) is 5.75 Å². The highest BCUT2D eigenvalue weighted by Gasteiger charge is 2.30. The standard InChI is InChI=1S/C9H8F3N3O2/c10-9(11,12)17-8-3-1-7(2-4-8)16-6-5-14-15-13/h1-4H,5-6H2. The Hall–Kier alpha value is -2.08. The molecule has 0 amide bonds. The fourth-order valence-corrected chi connectivity index (χ4v) is 0.987. The van der Waals surface area contributed by atoms with Gasteiger partial charge in [-0.1, -0.05) is 5.11 Å². The minimum Gasteiger partial charge on any atom is -0.493 e. The summed E-state index contributed by atoms with van der Waals surface area (Å²) in [6.07, 6.45) is -4.70. The fourth-order valence-electron chi connectivity index (χ4n) is 0.987. The van der Waals surface area contributed by atoms with E-state index in [-0.39, 0.29) is 18.9 Å². The number of hydrogen-bond donors (Lipinski definition) is 0. The van der Waals surface area contributed by atoms with E-state index in [2.05, 4.69) is 14.8 Å². The van der Waals surface area contributed by atoms with Crippen LogP contribution in [0.2, 0.25) is 0 Å². The van der Waals surface area contributed by atoms with E-state index in [9.17, 15) is 13.2 Å². The van der Waals surface area contributed by atoms with Crippen molar-refractivity contribution < 1.29 is 22.6 Å². The summed E-state index contributed by atoms with van der Waals surface area (Å²) in [5.41, 5.74) is 7.99. The molecule has 0 heterocycles. The fraction of sp³-hybridized carbons (Fsp3) is 0.333. The Labute approximate surface area is 94.4 Å². The van der Waals surface area contributed by atoms with Crippen LogP contribution in [0.3, 0.4) is 0 Å². The molecule has 0 radical (unpaired) electrons. The van der Waals surface area contributed by atoms with Crippen LogP contribution in [0.5, 0.6) is 11.5 Å². The summed E-state index contributed by atoms with van der Waals surface area (Å²) in [6, 6.07) is 4.93. The first kappa shape index (κ1) is 13.0. The van der Waals surface area contributed by atoms with E-state index in [4.69, 9.17) is 10.3 Å². The quantitative estimate of drug-likeness (QED) is 0.347. The lowest BCUT2D eigenvalue weighted by Gasteiger charge is -2.09. The SMILES string of the molecule is [N-]=[N+]=NCCOc1ccc(OC(F)(F)F)cc1. The topological polar surface area (TPSA) is 67.2 Å². The van der Waals surface area contributed by atoms with Gasteiger partial charge < -0.3 is 9.47 Å². The second-order valence-corrected chi connectivity index (χ2v) is 2.82. The molecule has 1 rings (SSSR count). The first-order valence-corrected chi connectivity index (χ1v) is 4.51. The Bertz CT molecular complexity index is 399. The normalized spacial score (nSPS) is 10.5. The van der Waals surface area contributed by atoms with Crippen LogP contribution in [0.15, 0.2) is 29.4 Å². The van der Waals surface area contributed by atoms with Crippen molar-refractivity contribution in [2.24, 2.45) is 5.11 Å². The lowest BCUT2D eigenvalue weighted by atomic mass is 10.3. The summed E-state index contributed by atoms with van der Waals surface area (Å²) >= 11 is 0. The molecule has 0 saturated heterocycles. The van der Waals surface area contributed by atoms with Gasteiger partial charge in [-0.2, -0.15) is 0 Å². The molecule has 1 aromatic rings. The van der Waals surface area contributed by atoms with Crippen molar-refractivity contribution >= 4 is 0 Å². The first-order valence-electron chi connectivity index (χ1n) is 4.51. The maximum absolute atomic E-state index is 11.8. The molecule has 0 aromatic heterocycles. The minimum atomic E-state index is -4.70. The van der Waals surface area contributed by atoms with Crippen LogP contribution < -0.4 is 9.47 Å². The molecule has 1 aromatic carbocycles. The number of azide groups is 1. The van der Waals surface area contributed by atoms with Crippen LogP contribution in [-0.2, 0) is 0 Å². The number of ether oxygens (including phenoxy) is 2. The Kier molecular flexibility index (Phi) is 4.47. The zero-order chi connectivity index (χ0) is 12.7. The van der Waals surface area contributed by atoms with Crippen LogP contribution >= 0.6 is 0 Å². The van der Waals surface area contributed by atoms with Crippen molar-refractivity contribution in [1.82, 2.24) is 0 Å². The van der Waals surface area contributed by atoms with Crippen molar-refractivity contribution in [2.75, 3.05) is 13.2 Å². The van der Waals surface area contributed by atoms with Gasteiger partial charge in [-0.05, 0) is 29.8 Å². The molecule has 0 spiro atoms. The average molecular weight is 247 g/mol. The number of rotatable bonds is 5. The van der Waals surface area contributed by atoms with Crippen LogP contribution in [0, 0.1) is 0 Å². The Morgan fingerprint density at radius 1 is 1.18 bits per heavy atom. The number of alkyl halides is 3. The van der Waals surface area contributed by atoms with E-state index < -0.39 is 6.36 Å². The summed E-state index contributed by atoms with van der Waals surface area (Å²) in [7, 11) is 0. The number of nitrogens with zero attached hydrogens (tertiary/aromatic N) is 3. The van der Waals surface area contributed by atoms with Gasteiger partial charge in [0.2, 0.25) is 0 Å². The van der Waals surface area contributed by atoms with E-state index >= 15 is 0 Å².